The molecule has 0 aromatic rings. The van der Waals surface area contributed by atoms with Crippen molar-refractivity contribution in [3.05, 3.63) is 0 Å². The van der Waals surface area contributed by atoms with Crippen molar-refractivity contribution in [2.75, 3.05) is 13.2 Å². The van der Waals surface area contributed by atoms with Crippen LogP contribution in [0.3, 0.4) is 0 Å². The van der Waals surface area contributed by atoms with Crippen molar-refractivity contribution in [1.29, 1.82) is 0 Å². The van der Waals surface area contributed by atoms with Gasteiger partial charge in [0.2, 0.25) is 0 Å². The van der Waals surface area contributed by atoms with E-state index in [1.54, 1.807) is 0 Å². The second-order valence-corrected chi connectivity index (χ2v) is 6.79. The summed E-state index contributed by atoms with van der Waals surface area (Å²) < 4.78 is 20.6. The quantitative estimate of drug-likeness (QED) is 0.320. The maximum Gasteiger partial charge on any atom is 0.309 e. The molecule has 0 amide bonds. The highest BCUT2D eigenvalue weighted by atomic mass is 16.6. The SMILES string of the molecule is CC(=O)OCCCCCCOC(=O)C1CC(OC(C)=O)CC(OC(C)=O)C1. The fourth-order valence-corrected chi connectivity index (χ4v) is 3.14. The molecule has 2 unspecified atom stereocenters. The van der Waals surface area contributed by atoms with E-state index in [-0.39, 0.29) is 11.9 Å². The fraction of sp³-hybridized carbons (Fsp3) is 0.789. The molecule has 0 spiro atoms. The summed E-state index contributed by atoms with van der Waals surface area (Å²) in [4.78, 5) is 45.3. The van der Waals surface area contributed by atoms with Gasteiger partial charge in [0.25, 0.3) is 0 Å². The molecule has 0 aromatic heterocycles. The minimum absolute atomic E-state index is 0.282. The third-order valence-corrected chi connectivity index (χ3v) is 4.21. The van der Waals surface area contributed by atoms with Crippen LogP contribution in [0.1, 0.15) is 65.7 Å². The number of carbonyl (C=O) groups is 4. The van der Waals surface area contributed by atoms with Crippen molar-refractivity contribution in [3.63, 3.8) is 0 Å². The number of esters is 4. The first kappa shape index (κ1) is 22.9. The summed E-state index contributed by atoms with van der Waals surface area (Å²) in [6.07, 6.45) is 3.48. The molecule has 1 rings (SSSR count). The second kappa shape index (κ2) is 12.3. The van der Waals surface area contributed by atoms with E-state index in [0.29, 0.717) is 32.5 Å². The number of hydrogen-bond acceptors (Lipinski definition) is 8. The second-order valence-electron chi connectivity index (χ2n) is 6.79. The van der Waals surface area contributed by atoms with Crippen molar-refractivity contribution < 1.29 is 38.1 Å². The van der Waals surface area contributed by atoms with E-state index in [0.717, 1.165) is 25.7 Å². The highest BCUT2D eigenvalue weighted by molar-refractivity contribution is 5.73. The average molecular weight is 386 g/mol. The van der Waals surface area contributed by atoms with E-state index in [9.17, 15) is 19.2 Å². The summed E-state index contributed by atoms with van der Waals surface area (Å²) in [7, 11) is 0. The number of ether oxygens (including phenoxy) is 4. The van der Waals surface area contributed by atoms with E-state index in [1.165, 1.54) is 20.8 Å². The van der Waals surface area contributed by atoms with Gasteiger partial charge in [-0.25, -0.2) is 0 Å². The van der Waals surface area contributed by atoms with Crippen LogP contribution in [0.2, 0.25) is 0 Å². The van der Waals surface area contributed by atoms with Gasteiger partial charge in [0, 0.05) is 27.2 Å². The van der Waals surface area contributed by atoms with Crippen LogP contribution in [-0.2, 0) is 38.1 Å². The Kier molecular flexibility index (Phi) is 10.4. The van der Waals surface area contributed by atoms with Gasteiger partial charge in [0.1, 0.15) is 12.2 Å². The molecule has 8 nitrogen and oxygen atoms in total. The lowest BCUT2D eigenvalue weighted by Gasteiger charge is -2.32. The van der Waals surface area contributed by atoms with Gasteiger partial charge in [-0.05, 0) is 38.5 Å². The largest absolute Gasteiger partial charge is 0.466 e. The minimum Gasteiger partial charge on any atom is -0.466 e. The fourth-order valence-electron chi connectivity index (χ4n) is 3.14. The molecule has 2 atom stereocenters. The molecule has 1 saturated carbocycles. The number of unbranched alkanes of at least 4 members (excludes halogenated alkanes) is 3. The van der Waals surface area contributed by atoms with E-state index >= 15 is 0 Å². The van der Waals surface area contributed by atoms with Crippen molar-refractivity contribution in [2.24, 2.45) is 5.92 Å². The van der Waals surface area contributed by atoms with Crippen LogP contribution in [-0.4, -0.2) is 49.3 Å². The summed E-state index contributed by atoms with van der Waals surface area (Å²) in [6, 6.07) is 0. The molecule has 1 aliphatic carbocycles. The van der Waals surface area contributed by atoms with Crippen LogP contribution in [0.15, 0.2) is 0 Å². The summed E-state index contributed by atoms with van der Waals surface area (Å²) >= 11 is 0. The molecule has 0 N–H and O–H groups in total. The molecule has 0 saturated heterocycles. The third kappa shape index (κ3) is 10.6. The Morgan fingerprint density at radius 3 is 1.59 bits per heavy atom. The van der Waals surface area contributed by atoms with Gasteiger partial charge in [0.05, 0.1) is 19.1 Å². The van der Waals surface area contributed by atoms with E-state index in [2.05, 4.69) is 0 Å². The zero-order valence-corrected chi connectivity index (χ0v) is 16.4. The Hall–Kier alpha value is -2.12. The Labute approximate surface area is 159 Å². The molecule has 154 valence electrons. The van der Waals surface area contributed by atoms with Crippen molar-refractivity contribution in [2.45, 2.75) is 77.9 Å². The van der Waals surface area contributed by atoms with Gasteiger partial charge in [-0.15, -0.1) is 0 Å². The van der Waals surface area contributed by atoms with Gasteiger partial charge in [-0.2, -0.15) is 0 Å². The lowest BCUT2D eigenvalue weighted by molar-refractivity contribution is -0.166. The smallest absolute Gasteiger partial charge is 0.309 e. The summed E-state index contributed by atoms with van der Waals surface area (Å²) in [5.41, 5.74) is 0. The lowest BCUT2D eigenvalue weighted by Crippen LogP contribution is -2.38. The predicted molar refractivity (Wildman–Crippen MR) is 94.5 cm³/mol. The normalized spacial score (nSPS) is 21.8. The predicted octanol–water partition coefficient (Wildman–Crippen LogP) is 2.32. The van der Waals surface area contributed by atoms with Crippen molar-refractivity contribution in [3.8, 4) is 0 Å². The zero-order chi connectivity index (χ0) is 20.2. The molecule has 0 bridgehead atoms. The highest BCUT2D eigenvalue weighted by Gasteiger charge is 2.36. The monoisotopic (exact) mass is 386 g/mol. The van der Waals surface area contributed by atoms with E-state index < -0.39 is 30.1 Å². The molecule has 0 aliphatic heterocycles. The number of carbonyl (C=O) groups excluding carboxylic acids is 4. The summed E-state index contributed by atoms with van der Waals surface area (Å²) in [5.74, 6) is -1.95. The Balaban J connectivity index is 2.32. The third-order valence-electron chi connectivity index (χ3n) is 4.21. The summed E-state index contributed by atoms with van der Waals surface area (Å²) in [6.45, 7) is 4.71. The Morgan fingerprint density at radius 1 is 0.667 bits per heavy atom. The van der Waals surface area contributed by atoms with Crippen molar-refractivity contribution in [1.82, 2.24) is 0 Å². The molecular weight excluding hydrogens is 356 g/mol. The lowest BCUT2D eigenvalue weighted by atomic mass is 9.85. The van der Waals surface area contributed by atoms with Crippen molar-refractivity contribution >= 4 is 23.9 Å². The molecule has 1 aliphatic rings. The molecule has 27 heavy (non-hydrogen) atoms. The van der Waals surface area contributed by atoms with Gasteiger partial charge >= 0.3 is 23.9 Å². The topological polar surface area (TPSA) is 105 Å². The van der Waals surface area contributed by atoms with Crippen LogP contribution in [0.25, 0.3) is 0 Å². The summed E-state index contributed by atoms with van der Waals surface area (Å²) in [5, 5.41) is 0. The molecule has 0 aromatic carbocycles. The van der Waals surface area contributed by atoms with Gasteiger partial charge in [0.15, 0.2) is 0 Å². The first-order valence-electron chi connectivity index (χ1n) is 9.42. The van der Waals surface area contributed by atoms with Crippen LogP contribution in [0.5, 0.6) is 0 Å². The molecule has 0 heterocycles. The maximum atomic E-state index is 12.3. The maximum absolute atomic E-state index is 12.3. The Bertz CT molecular complexity index is 492. The molecule has 8 heteroatoms. The average Bonchev–Trinajstić information content (AvgIpc) is 2.55. The standard InChI is InChI=1S/C19H30O8/c1-13(20)24-8-6-4-5-7-9-25-19(23)16-10-17(26-14(2)21)12-18(11-16)27-15(3)22/h16-18H,4-12H2,1-3H3. The molecule has 0 radical (unpaired) electrons. The first-order chi connectivity index (χ1) is 12.8. The minimum atomic E-state index is -0.462. The Morgan fingerprint density at radius 2 is 1.15 bits per heavy atom. The zero-order valence-electron chi connectivity index (χ0n) is 16.4. The number of rotatable bonds is 10. The van der Waals surface area contributed by atoms with Gasteiger partial charge in [-0.3, -0.25) is 19.2 Å². The van der Waals surface area contributed by atoms with Crippen LogP contribution in [0, 0.1) is 5.92 Å². The first-order valence-corrected chi connectivity index (χ1v) is 9.42. The van der Waals surface area contributed by atoms with Crippen LogP contribution >= 0.6 is 0 Å². The van der Waals surface area contributed by atoms with E-state index in [1.807, 2.05) is 0 Å². The number of hydrogen-bond donors (Lipinski definition) is 0. The van der Waals surface area contributed by atoms with Crippen LogP contribution in [0.4, 0.5) is 0 Å². The van der Waals surface area contributed by atoms with Gasteiger partial charge < -0.3 is 18.9 Å². The van der Waals surface area contributed by atoms with Gasteiger partial charge in [-0.1, -0.05) is 0 Å². The van der Waals surface area contributed by atoms with E-state index in [4.69, 9.17) is 18.9 Å². The highest BCUT2D eigenvalue weighted by Crippen LogP contribution is 2.30. The molecular formula is C19H30O8. The van der Waals surface area contributed by atoms with Crippen LogP contribution < -0.4 is 0 Å². The molecule has 1 fully saturated rings.